The number of hydrogen-bond donors (Lipinski definition) is 13. The molecule has 0 bridgehead atoms. The van der Waals surface area contributed by atoms with Gasteiger partial charge < -0.3 is 94.8 Å². The molecule has 0 aromatic carbocycles. The standard InChI is InChI=1S/C47H78O20/c1-19(8-9-25(52)43(4,5)67-40-34(59)30(55)29(54)23(16-48)63-40)27-21(50)15-45(7)24-14-20(49)37-42(2,3)26(10-11-47(37)18-46(24,47)13-12-44(27,45)6)64-41-36(28(53)22(51)17-62-41)66-39-33(58)31(56)32(57)35(65-39)38(60)61/h19-37,39-41,48-59H,8-18H2,1-7H3,(H,60,61)/t19-,20+,21+,22-,23-,24+,25+,26+,27+,28+,29-,30+,31+,32+,33-,34-,35+,36-,37+,39+,40+,41+,44-,45+,46+,47-/m1/s1. The summed E-state index contributed by atoms with van der Waals surface area (Å²) in [7, 11) is 0. The SMILES string of the molecule is C[C@H](CC[C@H](O)C(C)(C)O[C@@H]1O[C@H](CO)[C@@H](O)[C@H](O)[C@H]1O)[C@H]1[C@@H](O)C[C@@]2(C)[C@@H]3C[C@H](O)[C@H]4C(C)(C)[C@@H](O[C@@H]5OC[C@@H](O)[C@H](O)[C@H]5O[C@@H]5O[C@H](C(=O)O)[C@@H](O)[C@H](O)[C@H]5O)CC[C@@]45C[C@@]35CC[C@]12C. The van der Waals surface area contributed by atoms with Crippen molar-refractivity contribution >= 4 is 5.97 Å². The summed E-state index contributed by atoms with van der Waals surface area (Å²) in [6, 6.07) is 0. The first kappa shape index (κ1) is 52.1. The molecule has 20 heteroatoms. The maximum absolute atomic E-state index is 12.5. The Bertz CT molecular complexity index is 1790. The zero-order valence-electron chi connectivity index (χ0n) is 39.7. The lowest BCUT2D eigenvalue weighted by Gasteiger charge is -2.64. The molecule has 5 aliphatic carbocycles. The van der Waals surface area contributed by atoms with Crippen molar-refractivity contribution in [1.82, 2.24) is 0 Å². The fourth-order valence-electron chi connectivity index (χ4n) is 15.7. The third-order valence-corrected chi connectivity index (χ3v) is 19.5. The maximum Gasteiger partial charge on any atom is 0.335 e. The molecule has 67 heavy (non-hydrogen) atoms. The maximum atomic E-state index is 12.5. The summed E-state index contributed by atoms with van der Waals surface area (Å²) in [5.41, 5.74) is -2.84. The van der Waals surface area contributed by atoms with Gasteiger partial charge in [0.2, 0.25) is 0 Å². The van der Waals surface area contributed by atoms with E-state index in [1.165, 1.54) is 0 Å². The number of fused-ring (bicyclic) bond motifs is 2. The van der Waals surface area contributed by atoms with Crippen LogP contribution in [-0.2, 0) is 33.2 Å². The molecule has 8 rings (SSSR count). The van der Waals surface area contributed by atoms with E-state index in [1.54, 1.807) is 13.8 Å². The Balaban J connectivity index is 0.944. The minimum Gasteiger partial charge on any atom is -0.479 e. The van der Waals surface area contributed by atoms with Crippen molar-refractivity contribution in [3.05, 3.63) is 0 Å². The lowest BCUT2D eigenvalue weighted by Crippen LogP contribution is -2.65. The molecule has 0 amide bonds. The third-order valence-electron chi connectivity index (χ3n) is 19.5. The van der Waals surface area contributed by atoms with Gasteiger partial charge in [0.15, 0.2) is 25.0 Å². The van der Waals surface area contributed by atoms with Crippen LogP contribution in [0.5, 0.6) is 0 Å². The number of rotatable bonds is 13. The van der Waals surface area contributed by atoms with Crippen LogP contribution in [0.2, 0.25) is 0 Å². The summed E-state index contributed by atoms with van der Waals surface area (Å²) in [6.07, 6.45) is -19.9. The average Bonchev–Trinajstić information content (AvgIpc) is 3.85. The largest absolute Gasteiger partial charge is 0.479 e. The second-order valence-electron chi connectivity index (χ2n) is 23.5. The molecular formula is C47H78O20. The van der Waals surface area contributed by atoms with Crippen molar-refractivity contribution in [2.45, 2.75) is 222 Å². The van der Waals surface area contributed by atoms with Crippen LogP contribution in [0.3, 0.4) is 0 Å². The highest BCUT2D eigenvalue weighted by Gasteiger charge is 2.84. The fourth-order valence-corrected chi connectivity index (χ4v) is 15.7. The van der Waals surface area contributed by atoms with Crippen molar-refractivity contribution in [3.8, 4) is 0 Å². The normalized spacial score (nSPS) is 53.7. The molecule has 8 fully saturated rings. The van der Waals surface area contributed by atoms with Gasteiger partial charge in [0.25, 0.3) is 0 Å². The zero-order valence-corrected chi connectivity index (χ0v) is 39.7. The molecule has 3 saturated heterocycles. The van der Waals surface area contributed by atoms with Gasteiger partial charge in [0, 0.05) is 0 Å². The van der Waals surface area contributed by atoms with E-state index in [2.05, 4.69) is 34.6 Å². The molecule has 8 aliphatic rings. The lowest BCUT2D eigenvalue weighted by molar-refractivity contribution is -0.363. The van der Waals surface area contributed by atoms with Gasteiger partial charge in [-0.2, -0.15) is 0 Å². The highest BCUT2D eigenvalue weighted by Crippen LogP contribution is 2.89. The first-order chi connectivity index (χ1) is 31.1. The number of ether oxygens (including phenoxy) is 6. The van der Waals surface area contributed by atoms with Crippen LogP contribution < -0.4 is 0 Å². The molecule has 26 atom stereocenters. The summed E-state index contributed by atoms with van der Waals surface area (Å²) in [4.78, 5) is 11.8. The van der Waals surface area contributed by atoms with E-state index < -0.39 is 134 Å². The monoisotopic (exact) mass is 963 g/mol. The quantitative estimate of drug-likeness (QED) is 0.0933. The van der Waals surface area contributed by atoms with Crippen LogP contribution in [0.1, 0.15) is 106 Å². The van der Waals surface area contributed by atoms with Gasteiger partial charge >= 0.3 is 5.97 Å². The van der Waals surface area contributed by atoms with Crippen LogP contribution in [0.4, 0.5) is 0 Å². The van der Waals surface area contributed by atoms with E-state index >= 15 is 0 Å². The van der Waals surface area contributed by atoms with Crippen LogP contribution in [0.15, 0.2) is 0 Å². The topological polar surface area (TPSA) is 335 Å². The summed E-state index contributed by atoms with van der Waals surface area (Å²) in [5, 5.41) is 139. The van der Waals surface area contributed by atoms with Crippen molar-refractivity contribution < 1.29 is 99.6 Å². The van der Waals surface area contributed by atoms with Crippen molar-refractivity contribution in [1.29, 1.82) is 0 Å². The number of aliphatic hydroxyl groups is 12. The number of carboxylic acid groups (broad SMARTS) is 1. The predicted octanol–water partition coefficient (Wildman–Crippen LogP) is -1.52. The van der Waals surface area contributed by atoms with Crippen LogP contribution in [-0.4, -0.2) is 202 Å². The second-order valence-corrected chi connectivity index (χ2v) is 23.5. The molecule has 0 radical (unpaired) electrons. The Morgan fingerprint density at radius 3 is 2.04 bits per heavy atom. The van der Waals surface area contributed by atoms with E-state index in [0.29, 0.717) is 32.1 Å². The lowest BCUT2D eigenvalue weighted by atomic mass is 9.41. The molecule has 0 aromatic heterocycles. The van der Waals surface area contributed by atoms with E-state index in [1.807, 2.05) is 0 Å². The minimum absolute atomic E-state index is 0.0211. The Hall–Kier alpha value is -1.25. The van der Waals surface area contributed by atoms with Crippen molar-refractivity contribution in [2.75, 3.05) is 13.2 Å². The molecule has 2 spiro atoms. The molecule has 0 aromatic rings. The Morgan fingerprint density at radius 2 is 1.39 bits per heavy atom. The van der Waals surface area contributed by atoms with Gasteiger partial charge in [-0.25, -0.2) is 4.79 Å². The Morgan fingerprint density at radius 1 is 0.731 bits per heavy atom. The predicted molar refractivity (Wildman–Crippen MR) is 229 cm³/mol. The van der Waals surface area contributed by atoms with Gasteiger partial charge in [-0.05, 0) is 122 Å². The van der Waals surface area contributed by atoms with Gasteiger partial charge in [-0.3, -0.25) is 0 Å². The molecule has 3 heterocycles. The van der Waals surface area contributed by atoms with Gasteiger partial charge in [0.1, 0.15) is 61.0 Å². The highest BCUT2D eigenvalue weighted by molar-refractivity contribution is 5.73. The summed E-state index contributed by atoms with van der Waals surface area (Å²) in [6.45, 7) is 13.2. The summed E-state index contributed by atoms with van der Waals surface area (Å²) in [5.74, 6) is -1.83. The first-order valence-electron chi connectivity index (χ1n) is 24.4. The molecule has 386 valence electrons. The van der Waals surface area contributed by atoms with Gasteiger partial charge in [-0.1, -0.05) is 34.6 Å². The number of aliphatic carboxylic acids is 1. The van der Waals surface area contributed by atoms with Crippen molar-refractivity contribution in [3.63, 3.8) is 0 Å². The number of carbonyl (C=O) groups is 1. The summed E-state index contributed by atoms with van der Waals surface area (Å²) >= 11 is 0. The van der Waals surface area contributed by atoms with E-state index in [-0.39, 0.29) is 51.9 Å². The Labute approximate surface area is 391 Å². The van der Waals surface area contributed by atoms with Gasteiger partial charge in [0.05, 0.1) is 43.2 Å². The van der Waals surface area contributed by atoms with Crippen LogP contribution in [0.25, 0.3) is 0 Å². The van der Waals surface area contributed by atoms with E-state index in [9.17, 15) is 71.2 Å². The zero-order chi connectivity index (χ0) is 49.3. The molecule has 20 nitrogen and oxygen atoms in total. The van der Waals surface area contributed by atoms with Crippen molar-refractivity contribution in [2.24, 2.45) is 50.7 Å². The highest BCUT2D eigenvalue weighted by atomic mass is 16.8. The number of carboxylic acids is 1. The van der Waals surface area contributed by atoms with Crippen LogP contribution >= 0.6 is 0 Å². The minimum atomic E-state index is -1.96. The molecule has 3 aliphatic heterocycles. The smallest absolute Gasteiger partial charge is 0.335 e. The van der Waals surface area contributed by atoms with E-state index in [0.717, 1.165) is 25.7 Å². The first-order valence-corrected chi connectivity index (χ1v) is 24.4. The second kappa shape index (κ2) is 18.0. The van der Waals surface area contributed by atoms with Gasteiger partial charge in [-0.15, -0.1) is 0 Å². The van der Waals surface area contributed by atoms with E-state index in [4.69, 9.17) is 28.4 Å². The molecule has 0 unspecified atom stereocenters. The number of hydrogen-bond acceptors (Lipinski definition) is 19. The fraction of sp³-hybridized carbons (Fsp3) is 0.979. The third kappa shape index (κ3) is 8.07. The van der Waals surface area contributed by atoms with Crippen LogP contribution in [0, 0.1) is 50.7 Å². The Kier molecular flexibility index (Phi) is 14.0. The molecule has 5 saturated carbocycles. The molecule has 13 N–H and O–H groups in total. The summed E-state index contributed by atoms with van der Waals surface area (Å²) < 4.78 is 35.3. The molecular weight excluding hydrogens is 884 g/mol. The average molecular weight is 963 g/mol. The number of aliphatic hydroxyl groups excluding tert-OH is 12.